The Kier molecular flexibility index (Phi) is 13.5. The number of rotatable bonds is 17. The predicted octanol–water partition coefficient (Wildman–Crippen LogP) is 5.57. The highest BCUT2D eigenvalue weighted by Gasteiger charge is 2.28. The van der Waals surface area contributed by atoms with Crippen molar-refractivity contribution in [1.29, 1.82) is 0 Å². The number of anilines is 1. The smallest absolute Gasteiger partial charge is 0.495 e. The number of methoxy groups -OCH3 is 1. The average Bonchev–Trinajstić information content (AvgIpc) is 3.70. The number of aliphatic hydroxyl groups is 2. The van der Waals surface area contributed by atoms with Gasteiger partial charge in [0.05, 0.1) is 64.3 Å². The first-order valence-electron chi connectivity index (χ1n) is 17.4. The zero-order valence-electron chi connectivity index (χ0n) is 30.5. The monoisotopic (exact) mass is 716 g/mol. The molecule has 0 atom stereocenters. The molecule has 0 radical (unpaired) electrons. The Bertz CT molecular complexity index is 1890. The number of aliphatic imine (C=N–C) groups is 1. The van der Waals surface area contributed by atoms with Crippen LogP contribution in [0.3, 0.4) is 0 Å². The van der Waals surface area contributed by atoms with Gasteiger partial charge >= 0.3 is 7.40 Å². The van der Waals surface area contributed by atoms with Crippen LogP contribution in [0.4, 0.5) is 14.3 Å². The summed E-state index contributed by atoms with van der Waals surface area (Å²) in [5.74, 6) is 0.629. The fourth-order valence-electron chi connectivity index (χ4n) is 6.59. The Labute approximate surface area is 304 Å². The van der Waals surface area contributed by atoms with Crippen LogP contribution in [-0.2, 0) is 9.47 Å². The standard InChI is InChI=1S/C38H47BF2N6O5/c1-26-22-28(3)42-13-12-33(26)37(38-27(2)23-29(4)47(38)39(40)41)30-6-9-32(10-7-30)46-25-34(43-44-46)31-8-11-35(36(24-31)50-5)45(14-18-51-20-16-48)15-19-52-21-17-49/h6-11,22-25,48-49H,12-21H2,1-5H3/b37-33+. The van der Waals surface area contributed by atoms with Gasteiger partial charge < -0.3 is 33.8 Å². The van der Waals surface area contributed by atoms with Gasteiger partial charge in [0.15, 0.2) is 0 Å². The summed E-state index contributed by atoms with van der Waals surface area (Å²) in [6.07, 6.45) is 4.48. The average molecular weight is 717 g/mol. The molecular weight excluding hydrogens is 669 g/mol. The van der Waals surface area contributed by atoms with Crippen molar-refractivity contribution in [2.75, 3.05) is 71.3 Å². The molecule has 276 valence electrons. The summed E-state index contributed by atoms with van der Waals surface area (Å²) >= 11 is 0. The minimum absolute atomic E-state index is 0.0518. The highest BCUT2D eigenvalue weighted by Crippen LogP contribution is 2.37. The number of nitrogens with zero attached hydrogens (tertiary/aromatic N) is 6. The van der Waals surface area contributed by atoms with Crippen LogP contribution in [0.1, 0.15) is 42.8 Å². The fourth-order valence-corrected chi connectivity index (χ4v) is 6.59. The second-order valence-corrected chi connectivity index (χ2v) is 12.6. The number of ether oxygens (including phenoxy) is 3. The Morgan fingerprint density at radius 2 is 1.62 bits per heavy atom. The first-order valence-corrected chi connectivity index (χ1v) is 17.4. The van der Waals surface area contributed by atoms with Gasteiger partial charge in [-0.1, -0.05) is 23.4 Å². The Morgan fingerprint density at radius 3 is 2.25 bits per heavy atom. The maximum Gasteiger partial charge on any atom is 0.677 e. The lowest BCUT2D eigenvalue weighted by atomic mass is 9.88. The quantitative estimate of drug-likeness (QED) is 0.108. The number of allylic oxidation sites excluding steroid dienone is 2. The van der Waals surface area contributed by atoms with Crippen LogP contribution < -0.4 is 9.64 Å². The Hall–Kier alpha value is -4.63. The molecule has 11 nitrogen and oxygen atoms in total. The molecule has 52 heavy (non-hydrogen) atoms. The normalized spacial score (nSPS) is 14.2. The van der Waals surface area contributed by atoms with E-state index in [-0.39, 0.29) is 26.4 Å². The second-order valence-electron chi connectivity index (χ2n) is 12.6. The minimum atomic E-state index is -2.69. The lowest BCUT2D eigenvalue weighted by Gasteiger charge is -2.26. The molecule has 5 rings (SSSR count). The van der Waals surface area contributed by atoms with Crippen molar-refractivity contribution >= 4 is 24.4 Å². The van der Waals surface area contributed by atoms with Crippen LogP contribution in [0.25, 0.3) is 22.5 Å². The van der Waals surface area contributed by atoms with Crippen molar-refractivity contribution < 1.29 is 33.1 Å². The predicted molar refractivity (Wildman–Crippen MR) is 201 cm³/mol. The third-order valence-electron chi connectivity index (χ3n) is 8.99. The maximum absolute atomic E-state index is 14.5. The molecule has 0 fully saturated rings. The van der Waals surface area contributed by atoms with Crippen molar-refractivity contribution in [2.24, 2.45) is 4.99 Å². The summed E-state index contributed by atoms with van der Waals surface area (Å²) in [6, 6.07) is 15.3. The van der Waals surface area contributed by atoms with E-state index in [1.165, 1.54) is 0 Å². The number of aryl methyl sites for hydroxylation is 2. The maximum atomic E-state index is 14.5. The van der Waals surface area contributed by atoms with E-state index < -0.39 is 7.40 Å². The molecule has 2 N–H and O–H groups in total. The van der Waals surface area contributed by atoms with Crippen molar-refractivity contribution in [3.05, 3.63) is 94.5 Å². The molecule has 0 bridgehead atoms. The summed E-state index contributed by atoms with van der Waals surface area (Å²) in [4.78, 5) is 6.69. The molecular formula is C38H47BF2N6O5. The fraction of sp³-hybridized carbons (Fsp3) is 0.395. The van der Waals surface area contributed by atoms with E-state index in [9.17, 15) is 8.63 Å². The van der Waals surface area contributed by atoms with Crippen LogP contribution in [0.5, 0.6) is 5.75 Å². The summed E-state index contributed by atoms with van der Waals surface area (Å²) in [7, 11) is -1.08. The van der Waals surface area contributed by atoms with Crippen LogP contribution >= 0.6 is 0 Å². The van der Waals surface area contributed by atoms with Crippen LogP contribution in [-0.4, -0.2) is 109 Å². The van der Waals surface area contributed by atoms with Crippen LogP contribution in [0.15, 0.2) is 76.9 Å². The van der Waals surface area contributed by atoms with Crippen molar-refractivity contribution in [1.82, 2.24) is 19.5 Å². The first kappa shape index (κ1) is 38.6. The highest BCUT2D eigenvalue weighted by atomic mass is 19.2. The second kappa shape index (κ2) is 18.2. The molecule has 1 aliphatic rings. The lowest BCUT2D eigenvalue weighted by Crippen LogP contribution is -2.32. The van der Waals surface area contributed by atoms with Gasteiger partial charge in [0.25, 0.3) is 0 Å². The summed E-state index contributed by atoms with van der Waals surface area (Å²) in [5.41, 5.74) is 9.35. The molecule has 0 unspecified atom stereocenters. The SMILES string of the molecule is COc1cc(-c2cn(-c3ccc(/C(=C4/CCN=C(C)C=C4C)c4c(C)cc(C)n4B(F)F)cc3)nn2)ccc1N(CCOCCO)CCOCCO. The lowest BCUT2D eigenvalue weighted by molar-refractivity contribution is 0.0883. The van der Waals surface area contributed by atoms with Gasteiger partial charge in [0, 0.05) is 47.9 Å². The molecule has 1 aliphatic heterocycles. The molecule has 0 saturated carbocycles. The van der Waals surface area contributed by atoms with Gasteiger partial charge in [-0.05, 0) is 92.8 Å². The molecule has 0 saturated heterocycles. The van der Waals surface area contributed by atoms with E-state index in [0.29, 0.717) is 62.1 Å². The summed E-state index contributed by atoms with van der Waals surface area (Å²) in [5, 5.41) is 27.0. The topological polar surface area (TPSA) is 119 Å². The van der Waals surface area contributed by atoms with Gasteiger partial charge in [0.2, 0.25) is 0 Å². The van der Waals surface area contributed by atoms with Gasteiger partial charge in [-0.25, -0.2) is 4.68 Å². The largest absolute Gasteiger partial charge is 0.677 e. The van der Waals surface area contributed by atoms with E-state index in [2.05, 4.69) is 20.2 Å². The summed E-state index contributed by atoms with van der Waals surface area (Å²) < 4.78 is 48.6. The number of halogens is 2. The molecule has 14 heteroatoms. The van der Waals surface area contributed by atoms with E-state index in [1.807, 2.05) is 81.6 Å². The molecule has 2 aromatic heterocycles. The zero-order chi connectivity index (χ0) is 37.2. The van der Waals surface area contributed by atoms with Crippen LogP contribution in [0.2, 0.25) is 0 Å². The van der Waals surface area contributed by atoms with E-state index in [0.717, 1.165) is 55.0 Å². The third-order valence-corrected chi connectivity index (χ3v) is 8.99. The van der Waals surface area contributed by atoms with E-state index in [1.54, 1.807) is 18.7 Å². The Balaban J connectivity index is 1.45. The Morgan fingerprint density at radius 1 is 0.923 bits per heavy atom. The number of aromatic nitrogens is 4. The highest BCUT2D eigenvalue weighted by molar-refractivity contribution is 6.41. The van der Waals surface area contributed by atoms with Crippen molar-refractivity contribution in [3.63, 3.8) is 0 Å². The molecule has 3 heterocycles. The summed E-state index contributed by atoms with van der Waals surface area (Å²) in [6.45, 7) is 10.4. The van der Waals surface area contributed by atoms with Gasteiger partial charge in [-0.15, -0.1) is 5.10 Å². The number of benzene rings is 2. The van der Waals surface area contributed by atoms with Gasteiger partial charge in [-0.2, -0.15) is 0 Å². The van der Waals surface area contributed by atoms with Crippen molar-refractivity contribution in [3.8, 4) is 22.7 Å². The van der Waals surface area contributed by atoms with Crippen molar-refractivity contribution in [2.45, 2.75) is 34.1 Å². The third kappa shape index (κ3) is 9.05. The first-order chi connectivity index (χ1) is 25.2. The molecule has 4 aromatic rings. The molecule has 0 spiro atoms. The molecule has 2 aromatic carbocycles. The minimum Gasteiger partial charge on any atom is -0.495 e. The van der Waals surface area contributed by atoms with Gasteiger partial charge in [-0.3, -0.25) is 13.6 Å². The number of hydrogen-bond donors (Lipinski definition) is 2. The zero-order valence-corrected chi connectivity index (χ0v) is 30.5. The number of hydrogen-bond acceptors (Lipinski definition) is 9. The molecule has 0 amide bonds. The van der Waals surface area contributed by atoms with E-state index in [4.69, 9.17) is 24.4 Å². The van der Waals surface area contributed by atoms with Gasteiger partial charge in [0.1, 0.15) is 11.4 Å². The number of aliphatic hydroxyl groups excluding tert-OH is 2. The van der Waals surface area contributed by atoms with Crippen LogP contribution in [0, 0.1) is 13.8 Å². The molecule has 0 aliphatic carbocycles. The van der Waals surface area contributed by atoms with E-state index >= 15 is 0 Å².